The lowest BCUT2D eigenvalue weighted by atomic mass is 10.1. The molecule has 0 aromatic heterocycles. The first-order valence-corrected chi connectivity index (χ1v) is 8.85. The van der Waals surface area contributed by atoms with Crippen molar-refractivity contribution in [1.29, 1.82) is 0 Å². The van der Waals surface area contributed by atoms with E-state index in [4.69, 9.17) is 0 Å². The van der Waals surface area contributed by atoms with Crippen molar-refractivity contribution >= 4 is 11.8 Å². The molecule has 0 spiro atoms. The van der Waals surface area contributed by atoms with Crippen LogP contribution < -0.4 is 5.32 Å². The Labute approximate surface area is 156 Å². The maximum atomic E-state index is 13.8. The highest BCUT2D eigenvalue weighted by Gasteiger charge is 2.23. The van der Waals surface area contributed by atoms with Crippen LogP contribution in [0.4, 0.5) is 8.78 Å². The average Bonchev–Trinajstić information content (AvgIpc) is 2.68. The van der Waals surface area contributed by atoms with Gasteiger partial charge in [0.15, 0.2) is 0 Å². The van der Waals surface area contributed by atoms with Gasteiger partial charge in [-0.05, 0) is 24.3 Å². The molecule has 0 bridgehead atoms. The standard InChI is InChI=1S/C20H21F2N3O2/c21-17-7-3-1-5-15(17)19(26)23-9-10-24-11-13-25(14-12-24)20(27)16-6-2-4-8-18(16)22/h1-8H,9-14H2,(H,23,26). The van der Waals surface area contributed by atoms with Gasteiger partial charge in [-0.3, -0.25) is 14.5 Å². The molecule has 1 fully saturated rings. The second-order valence-electron chi connectivity index (χ2n) is 6.35. The molecule has 2 amide bonds. The maximum Gasteiger partial charge on any atom is 0.256 e. The fraction of sp³-hybridized carbons (Fsp3) is 0.300. The van der Waals surface area contributed by atoms with Crippen molar-refractivity contribution < 1.29 is 18.4 Å². The normalized spacial score (nSPS) is 14.8. The van der Waals surface area contributed by atoms with Crippen LogP contribution >= 0.6 is 0 Å². The Morgan fingerprint density at radius 3 is 2.00 bits per heavy atom. The molecule has 0 atom stereocenters. The van der Waals surface area contributed by atoms with E-state index in [-0.39, 0.29) is 17.0 Å². The molecule has 7 heteroatoms. The topological polar surface area (TPSA) is 52.7 Å². The molecule has 27 heavy (non-hydrogen) atoms. The molecule has 2 aromatic carbocycles. The monoisotopic (exact) mass is 373 g/mol. The van der Waals surface area contributed by atoms with Gasteiger partial charge in [0, 0.05) is 39.3 Å². The summed E-state index contributed by atoms with van der Waals surface area (Å²) >= 11 is 0. The number of amides is 2. The summed E-state index contributed by atoms with van der Waals surface area (Å²) in [6.07, 6.45) is 0. The van der Waals surface area contributed by atoms with Gasteiger partial charge in [0.25, 0.3) is 11.8 Å². The summed E-state index contributed by atoms with van der Waals surface area (Å²) in [7, 11) is 0. The second-order valence-corrected chi connectivity index (χ2v) is 6.35. The van der Waals surface area contributed by atoms with Crippen molar-refractivity contribution in [2.75, 3.05) is 39.3 Å². The molecule has 142 valence electrons. The second kappa shape index (κ2) is 8.73. The molecule has 5 nitrogen and oxygen atoms in total. The van der Waals surface area contributed by atoms with Gasteiger partial charge >= 0.3 is 0 Å². The fourth-order valence-electron chi connectivity index (χ4n) is 3.05. The van der Waals surface area contributed by atoms with Crippen molar-refractivity contribution in [2.45, 2.75) is 0 Å². The van der Waals surface area contributed by atoms with Gasteiger partial charge in [0.1, 0.15) is 11.6 Å². The highest BCUT2D eigenvalue weighted by Crippen LogP contribution is 2.12. The van der Waals surface area contributed by atoms with Crippen LogP contribution in [0, 0.1) is 11.6 Å². The number of nitrogens with zero attached hydrogens (tertiary/aromatic N) is 2. The molecule has 0 unspecified atom stereocenters. The minimum atomic E-state index is -0.546. The Morgan fingerprint density at radius 1 is 0.852 bits per heavy atom. The Morgan fingerprint density at radius 2 is 1.41 bits per heavy atom. The molecule has 1 heterocycles. The quantitative estimate of drug-likeness (QED) is 0.874. The van der Waals surface area contributed by atoms with Crippen LogP contribution in [-0.4, -0.2) is 60.9 Å². The number of benzene rings is 2. The number of rotatable bonds is 5. The van der Waals surface area contributed by atoms with E-state index in [1.807, 2.05) is 0 Å². The van der Waals surface area contributed by atoms with E-state index >= 15 is 0 Å². The Bertz CT molecular complexity index is 818. The van der Waals surface area contributed by atoms with Crippen molar-refractivity contribution in [3.8, 4) is 0 Å². The fourth-order valence-corrected chi connectivity index (χ4v) is 3.05. The van der Waals surface area contributed by atoms with Gasteiger partial charge in [0.05, 0.1) is 11.1 Å². The van der Waals surface area contributed by atoms with E-state index in [2.05, 4.69) is 10.2 Å². The summed E-state index contributed by atoms with van der Waals surface area (Å²) in [5.41, 5.74) is 0.112. The third-order valence-corrected chi connectivity index (χ3v) is 4.60. The smallest absolute Gasteiger partial charge is 0.256 e. The number of nitrogens with one attached hydrogen (secondary N) is 1. The first-order chi connectivity index (χ1) is 13.1. The highest BCUT2D eigenvalue weighted by atomic mass is 19.1. The van der Waals surface area contributed by atoms with Crippen molar-refractivity contribution in [3.63, 3.8) is 0 Å². The predicted octanol–water partition coefficient (Wildman–Crippen LogP) is 2.15. The third-order valence-electron chi connectivity index (χ3n) is 4.60. The summed E-state index contributed by atoms with van der Waals surface area (Å²) in [6.45, 7) is 3.24. The van der Waals surface area contributed by atoms with Gasteiger partial charge in [-0.1, -0.05) is 24.3 Å². The van der Waals surface area contributed by atoms with Gasteiger partial charge in [-0.25, -0.2) is 8.78 Å². The third kappa shape index (κ3) is 4.68. The lowest BCUT2D eigenvalue weighted by Crippen LogP contribution is -2.50. The van der Waals surface area contributed by atoms with Crippen molar-refractivity contribution in [2.24, 2.45) is 0 Å². The van der Waals surface area contributed by atoms with Crippen molar-refractivity contribution in [1.82, 2.24) is 15.1 Å². The molecule has 2 aromatic rings. The molecule has 0 aliphatic carbocycles. The van der Waals surface area contributed by atoms with Crippen LogP contribution in [0.15, 0.2) is 48.5 Å². The van der Waals surface area contributed by atoms with Gasteiger partial charge in [-0.2, -0.15) is 0 Å². The van der Waals surface area contributed by atoms with Crippen molar-refractivity contribution in [3.05, 3.63) is 71.3 Å². The zero-order chi connectivity index (χ0) is 19.2. The van der Waals surface area contributed by atoms with E-state index in [9.17, 15) is 18.4 Å². The van der Waals surface area contributed by atoms with E-state index in [1.165, 1.54) is 30.3 Å². The van der Waals surface area contributed by atoms with Gasteiger partial charge < -0.3 is 10.2 Å². The SMILES string of the molecule is O=C(NCCN1CCN(C(=O)c2ccccc2F)CC1)c1ccccc1F. The van der Waals surface area contributed by atoms with Crippen LogP contribution in [-0.2, 0) is 0 Å². The summed E-state index contributed by atoms with van der Waals surface area (Å²) in [4.78, 5) is 28.1. The minimum Gasteiger partial charge on any atom is -0.351 e. The Hall–Kier alpha value is -2.80. The van der Waals surface area contributed by atoms with E-state index in [0.717, 1.165) is 0 Å². The molecular weight excluding hydrogens is 352 g/mol. The molecule has 1 aliphatic rings. The Balaban J connectivity index is 1.43. The molecule has 1 aliphatic heterocycles. The number of halogens is 2. The zero-order valence-corrected chi connectivity index (χ0v) is 14.8. The first kappa shape index (κ1) is 19.0. The van der Waals surface area contributed by atoms with Gasteiger partial charge in [0.2, 0.25) is 0 Å². The average molecular weight is 373 g/mol. The van der Waals surface area contributed by atoms with E-state index < -0.39 is 17.5 Å². The number of hydrogen-bond acceptors (Lipinski definition) is 3. The minimum absolute atomic E-state index is 0.0257. The first-order valence-electron chi connectivity index (χ1n) is 8.85. The highest BCUT2D eigenvalue weighted by molar-refractivity contribution is 5.95. The summed E-state index contributed by atoms with van der Waals surface area (Å²) in [5.74, 6) is -1.81. The molecule has 1 saturated heterocycles. The molecule has 3 rings (SSSR count). The number of hydrogen-bond donors (Lipinski definition) is 1. The zero-order valence-electron chi connectivity index (χ0n) is 14.8. The van der Waals surface area contributed by atoms with E-state index in [0.29, 0.717) is 39.3 Å². The summed E-state index contributed by atoms with van der Waals surface area (Å²) in [6, 6.07) is 11.8. The summed E-state index contributed by atoms with van der Waals surface area (Å²) in [5, 5.41) is 2.70. The largest absolute Gasteiger partial charge is 0.351 e. The summed E-state index contributed by atoms with van der Waals surface area (Å²) < 4.78 is 27.3. The maximum absolute atomic E-state index is 13.8. The number of piperazine rings is 1. The molecular formula is C20H21F2N3O2. The van der Waals surface area contributed by atoms with E-state index in [1.54, 1.807) is 23.1 Å². The van der Waals surface area contributed by atoms with Crippen LogP contribution in [0.3, 0.4) is 0 Å². The van der Waals surface area contributed by atoms with Crippen LogP contribution in [0.1, 0.15) is 20.7 Å². The predicted molar refractivity (Wildman–Crippen MR) is 97.5 cm³/mol. The number of carbonyl (C=O) groups excluding carboxylic acids is 2. The molecule has 0 saturated carbocycles. The lowest BCUT2D eigenvalue weighted by Gasteiger charge is -2.34. The number of carbonyl (C=O) groups is 2. The van der Waals surface area contributed by atoms with Crippen LogP contribution in [0.25, 0.3) is 0 Å². The van der Waals surface area contributed by atoms with Gasteiger partial charge in [-0.15, -0.1) is 0 Å². The molecule has 1 N–H and O–H groups in total. The lowest BCUT2D eigenvalue weighted by molar-refractivity contribution is 0.0633. The molecule has 0 radical (unpaired) electrons. The van der Waals surface area contributed by atoms with Crippen LogP contribution in [0.5, 0.6) is 0 Å². The van der Waals surface area contributed by atoms with Crippen LogP contribution in [0.2, 0.25) is 0 Å². The Kier molecular flexibility index (Phi) is 6.13.